The lowest BCUT2D eigenvalue weighted by Crippen LogP contribution is -2.30. The van der Waals surface area contributed by atoms with Crippen LogP contribution in [0.1, 0.15) is 104 Å². The maximum Gasteiger partial charge on any atom is 0.0686 e. The Balaban J connectivity index is 1.65. The maximum absolute atomic E-state index is 9.42. The fourth-order valence-electron chi connectivity index (χ4n) is 5.03. The minimum atomic E-state index is -0.0148. The Morgan fingerprint density at radius 2 is 1.68 bits per heavy atom. The molecular weight excluding hydrogens is 266 g/mol. The number of hydrogen-bond donors (Lipinski definition) is 0. The first kappa shape index (κ1) is 17.8. The van der Waals surface area contributed by atoms with E-state index in [9.17, 15) is 5.26 Å². The van der Waals surface area contributed by atoms with E-state index in [2.05, 4.69) is 19.9 Å². The minimum Gasteiger partial charge on any atom is -0.198 e. The fourth-order valence-corrected chi connectivity index (χ4v) is 5.03. The summed E-state index contributed by atoms with van der Waals surface area (Å²) in [6.45, 7) is 4.49. The van der Waals surface area contributed by atoms with Gasteiger partial charge in [-0.05, 0) is 50.4 Å². The van der Waals surface area contributed by atoms with Crippen LogP contribution in [0.15, 0.2) is 0 Å². The van der Waals surface area contributed by atoms with Crippen molar-refractivity contribution >= 4 is 0 Å². The molecule has 126 valence electrons. The molecule has 2 rings (SSSR count). The van der Waals surface area contributed by atoms with Crippen LogP contribution >= 0.6 is 0 Å². The van der Waals surface area contributed by atoms with Crippen molar-refractivity contribution in [3.8, 4) is 6.07 Å². The molecule has 0 aromatic carbocycles. The lowest BCUT2D eigenvalue weighted by atomic mass is 9.64. The zero-order valence-corrected chi connectivity index (χ0v) is 15.1. The van der Waals surface area contributed by atoms with Crippen LogP contribution in [-0.4, -0.2) is 0 Å². The summed E-state index contributed by atoms with van der Waals surface area (Å²) in [7, 11) is 0. The first-order valence-corrected chi connectivity index (χ1v) is 10.1. The maximum atomic E-state index is 9.42. The predicted molar refractivity (Wildman–Crippen MR) is 94.5 cm³/mol. The lowest BCUT2D eigenvalue weighted by molar-refractivity contribution is 0.117. The van der Waals surface area contributed by atoms with E-state index in [1.54, 1.807) is 0 Å². The molecule has 0 amide bonds. The van der Waals surface area contributed by atoms with Gasteiger partial charge in [0.25, 0.3) is 0 Å². The van der Waals surface area contributed by atoms with Crippen molar-refractivity contribution in [2.75, 3.05) is 0 Å². The summed E-state index contributed by atoms with van der Waals surface area (Å²) in [5.74, 6) is 2.80. The molecule has 1 heteroatoms. The van der Waals surface area contributed by atoms with Crippen LogP contribution in [0, 0.1) is 34.5 Å². The summed E-state index contributed by atoms with van der Waals surface area (Å²) in [4.78, 5) is 0. The van der Waals surface area contributed by atoms with E-state index in [0.717, 1.165) is 24.2 Å². The van der Waals surface area contributed by atoms with Crippen molar-refractivity contribution in [1.29, 1.82) is 5.26 Å². The predicted octanol–water partition coefficient (Wildman–Crippen LogP) is 6.87. The van der Waals surface area contributed by atoms with Gasteiger partial charge in [0.05, 0.1) is 11.5 Å². The minimum absolute atomic E-state index is 0.0148. The second-order valence-electron chi connectivity index (χ2n) is 8.51. The third-order valence-electron chi connectivity index (χ3n) is 6.56. The average molecular weight is 304 g/mol. The Kier molecular flexibility index (Phi) is 7.26. The Labute approximate surface area is 138 Å². The highest BCUT2D eigenvalue weighted by molar-refractivity contribution is 5.00. The van der Waals surface area contributed by atoms with E-state index in [-0.39, 0.29) is 5.41 Å². The van der Waals surface area contributed by atoms with Gasteiger partial charge in [0.1, 0.15) is 0 Å². The molecule has 0 radical (unpaired) electrons. The van der Waals surface area contributed by atoms with E-state index in [4.69, 9.17) is 0 Å². The molecular formula is C21H37N. The SMILES string of the molecule is CCCCCCCC1CCC([C@@H]2CCC[C@@](C)(C#N)C2)CC1. The summed E-state index contributed by atoms with van der Waals surface area (Å²) >= 11 is 0. The van der Waals surface area contributed by atoms with Crippen LogP contribution < -0.4 is 0 Å². The highest BCUT2D eigenvalue weighted by Gasteiger charge is 2.36. The second-order valence-corrected chi connectivity index (χ2v) is 8.51. The fraction of sp³-hybridized carbons (Fsp3) is 0.952. The summed E-state index contributed by atoms with van der Waals surface area (Å²) in [6.07, 6.45) is 19.5. The monoisotopic (exact) mass is 303 g/mol. The van der Waals surface area contributed by atoms with Gasteiger partial charge in [0.2, 0.25) is 0 Å². The molecule has 0 bridgehead atoms. The molecule has 0 unspecified atom stereocenters. The summed E-state index contributed by atoms with van der Waals surface area (Å²) < 4.78 is 0. The van der Waals surface area contributed by atoms with Gasteiger partial charge >= 0.3 is 0 Å². The van der Waals surface area contributed by atoms with Gasteiger partial charge in [-0.25, -0.2) is 0 Å². The van der Waals surface area contributed by atoms with E-state index in [0.29, 0.717) is 0 Å². The molecule has 0 aromatic rings. The van der Waals surface area contributed by atoms with Crippen LogP contribution in [-0.2, 0) is 0 Å². The van der Waals surface area contributed by atoms with E-state index in [1.165, 1.54) is 83.5 Å². The number of rotatable bonds is 7. The van der Waals surface area contributed by atoms with Gasteiger partial charge in [0, 0.05) is 0 Å². The van der Waals surface area contributed by atoms with Gasteiger partial charge in [0.15, 0.2) is 0 Å². The van der Waals surface area contributed by atoms with Gasteiger partial charge in [-0.1, -0.05) is 71.1 Å². The first-order chi connectivity index (χ1) is 10.7. The molecule has 2 saturated carbocycles. The molecule has 2 aliphatic carbocycles. The summed E-state index contributed by atoms with van der Waals surface area (Å²) in [5, 5.41) is 9.42. The van der Waals surface area contributed by atoms with Gasteiger partial charge in [-0.15, -0.1) is 0 Å². The van der Waals surface area contributed by atoms with Crippen LogP contribution in [0.25, 0.3) is 0 Å². The van der Waals surface area contributed by atoms with Gasteiger partial charge in [-0.3, -0.25) is 0 Å². The third-order valence-corrected chi connectivity index (χ3v) is 6.56. The van der Waals surface area contributed by atoms with E-state index < -0.39 is 0 Å². The molecule has 0 heterocycles. The molecule has 0 spiro atoms. The van der Waals surface area contributed by atoms with Gasteiger partial charge in [-0.2, -0.15) is 5.26 Å². The summed E-state index contributed by atoms with van der Waals surface area (Å²) in [6, 6.07) is 2.60. The largest absolute Gasteiger partial charge is 0.198 e. The average Bonchev–Trinajstić information content (AvgIpc) is 2.55. The van der Waals surface area contributed by atoms with Crippen molar-refractivity contribution in [2.45, 2.75) is 104 Å². The van der Waals surface area contributed by atoms with Crippen LogP contribution in [0.2, 0.25) is 0 Å². The van der Waals surface area contributed by atoms with Crippen molar-refractivity contribution in [3.63, 3.8) is 0 Å². The number of nitriles is 1. The topological polar surface area (TPSA) is 23.8 Å². The first-order valence-electron chi connectivity index (χ1n) is 10.1. The third kappa shape index (κ3) is 5.29. The second kappa shape index (κ2) is 8.95. The zero-order valence-electron chi connectivity index (χ0n) is 15.1. The standard InChI is InChI=1S/C21H37N/c1-3-4-5-6-7-9-18-11-13-19(14-12-18)20-10-8-15-21(2,16-20)17-22/h18-20H,3-16H2,1-2H3/t18?,19?,20-,21-/m1/s1. The molecule has 22 heavy (non-hydrogen) atoms. The lowest BCUT2D eigenvalue weighted by Gasteiger charge is -2.40. The molecule has 1 nitrogen and oxygen atoms in total. The molecule has 0 saturated heterocycles. The van der Waals surface area contributed by atoms with Gasteiger partial charge < -0.3 is 0 Å². The molecule has 0 aromatic heterocycles. The van der Waals surface area contributed by atoms with E-state index in [1.807, 2.05) is 0 Å². The smallest absolute Gasteiger partial charge is 0.0686 e. The van der Waals surface area contributed by atoms with Crippen LogP contribution in [0.5, 0.6) is 0 Å². The van der Waals surface area contributed by atoms with Crippen molar-refractivity contribution in [3.05, 3.63) is 0 Å². The normalized spacial score (nSPS) is 36.0. The van der Waals surface area contributed by atoms with Crippen molar-refractivity contribution in [2.24, 2.45) is 23.2 Å². The van der Waals surface area contributed by atoms with E-state index >= 15 is 0 Å². The Morgan fingerprint density at radius 3 is 2.36 bits per heavy atom. The highest BCUT2D eigenvalue weighted by Crippen LogP contribution is 2.46. The van der Waals surface area contributed by atoms with Crippen LogP contribution in [0.4, 0.5) is 0 Å². The zero-order chi connectivity index (χ0) is 15.8. The Bertz CT molecular complexity index is 347. The Morgan fingerprint density at radius 1 is 0.955 bits per heavy atom. The van der Waals surface area contributed by atoms with Crippen LogP contribution in [0.3, 0.4) is 0 Å². The molecule has 0 N–H and O–H groups in total. The molecule has 2 atom stereocenters. The quantitative estimate of drug-likeness (QED) is 0.470. The Hall–Kier alpha value is -0.510. The molecule has 2 aliphatic rings. The highest BCUT2D eigenvalue weighted by atomic mass is 14.4. The number of unbranched alkanes of at least 4 members (excludes halogenated alkanes) is 4. The number of nitrogens with zero attached hydrogens (tertiary/aromatic N) is 1. The van der Waals surface area contributed by atoms with Crippen molar-refractivity contribution in [1.82, 2.24) is 0 Å². The van der Waals surface area contributed by atoms with Crippen molar-refractivity contribution < 1.29 is 0 Å². The summed E-state index contributed by atoms with van der Waals surface area (Å²) in [5.41, 5.74) is -0.0148. The number of hydrogen-bond acceptors (Lipinski definition) is 1. The molecule has 2 fully saturated rings. The molecule has 0 aliphatic heterocycles.